The van der Waals surface area contributed by atoms with Crippen LogP contribution in [0.25, 0.3) is 0 Å². The van der Waals surface area contributed by atoms with Crippen LogP contribution >= 0.6 is 0 Å². The number of carbonyl (C=O) groups excluding carboxylic acids is 2. The highest BCUT2D eigenvalue weighted by molar-refractivity contribution is 6.08. The van der Waals surface area contributed by atoms with Crippen molar-refractivity contribution in [3.05, 3.63) is 53.6 Å². The fraction of sp³-hybridized carbons (Fsp3) is 0.333. The predicted octanol–water partition coefficient (Wildman–Crippen LogP) is 3.58. The molecule has 27 heavy (non-hydrogen) atoms. The van der Waals surface area contributed by atoms with E-state index < -0.39 is 0 Å². The SMILES string of the molecule is COc1cccc(OC)c1C(=O)Nc1cccc(C(=O)N2CCCCC2)c1. The number of piperidine rings is 1. The van der Waals surface area contributed by atoms with Crippen LogP contribution in [-0.2, 0) is 0 Å². The Morgan fingerprint density at radius 3 is 2.19 bits per heavy atom. The van der Waals surface area contributed by atoms with E-state index in [1.165, 1.54) is 20.6 Å². The van der Waals surface area contributed by atoms with Gasteiger partial charge in [0, 0.05) is 24.3 Å². The molecule has 0 spiro atoms. The second kappa shape index (κ2) is 8.58. The summed E-state index contributed by atoms with van der Waals surface area (Å²) in [7, 11) is 3.01. The summed E-state index contributed by atoms with van der Waals surface area (Å²) < 4.78 is 10.6. The Bertz CT molecular complexity index is 806. The van der Waals surface area contributed by atoms with Crippen molar-refractivity contribution in [2.45, 2.75) is 19.3 Å². The van der Waals surface area contributed by atoms with Crippen LogP contribution < -0.4 is 14.8 Å². The molecule has 1 saturated heterocycles. The lowest BCUT2D eigenvalue weighted by molar-refractivity contribution is 0.0724. The molecular weight excluding hydrogens is 344 g/mol. The lowest BCUT2D eigenvalue weighted by Crippen LogP contribution is -2.35. The maximum absolute atomic E-state index is 12.8. The Hall–Kier alpha value is -3.02. The summed E-state index contributed by atoms with van der Waals surface area (Å²) in [4.78, 5) is 27.3. The van der Waals surface area contributed by atoms with E-state index in [0.717, 1.165) is 25.9 Å². The van der Waals surface area contributed by atoms with Gasteiger partial charge in [0.1, 0.15) is 17.1 Å². The molecule has 0 unspecified atom stereocenters. The molecule has 3 rings (SSSR count). The van der Waals surface area contributed by atoms with Crippen molar-refractivity contribution in [2.24, 2.45) is 0 Å². The first-order valence-corrected chi connectivity index (χ1v) is 9.05. The first-order chi connectivity index (χ1) is 13.1. The van der Waals surface area contributed by atoms with Crippen molar-refractivity contribution >= 4 is 17.5 Å². The monoisotopic (exact) mass is 368 g/mol. The summed E-state index contributed by atoms with van der Waals surface area (Å²) in [5, 5.41) is 2.84. The highest BCUT2D eigenvalue weighted by Crippen LogP contribution is 2.29. The van der Waals surface area contributed by atoms with Gasteiger partial charge in [-0.1, -0.05) is 12.1 Å². The molecule has 1 heterocycles. The van der Waals surface area contributed by atoms with Crippen molar-refractivity contribution in [1.29, 1.82) is 0 Å². The van der Waals surface area contributed by atoms with E-state index in [1.807, 2.05) is 4.90 Å². The van der Waals surface area contributed by atoms with E-state index in [9.17, 15) is 9.59 Å². The Morgan fingerprint density at radius 1 is 0.926 bits per heavy atom. The highest BCUT2D eigenvalue weighted by Gasteiger charge is 2.20. The van der Waals surface area contributed by atoms with Gasteiger partial charge in [-0.15, -0.1) is 0 Å². The third kappa shape index (κ3) is 4.22. The van der Waals surface area contributed by atoms with E-state index in [0.29, 0.717) is 28.3 Å². The Balaban J connectivity index is 1.80. The minimum atomic E-state index is -0.355. The van der Waals surface area contributed by atoms with Crippen LogP contribution in [0.15, 0.2) is 42.5 Å². The van der Waals surface area contributed by atoms with Crippen molar-refractivity contribution in [3.63, 3.8) is 0 Å². The summed E-state index contributed by atoms with van der Waals surface area (Å²) in [6.07, 6.45) is 3.24. The first-order valence-electron chi connectivity index (χ1n) is 9.05. The van der Waals surface area contributed by atoms with Gasteiger partial charge in [0.15, 0.2) is 0 Å². The summed E-state index contributed by atoms with van der Waals surface area (Å²) in [6, 6.07) is 12.2. The number of hydrogen-bond donors (Lipinski definition) is 1. The zero-order valence-electron chi connectivity index (χ0n) is 15.7. The van der Waals surface area contributed by atoms with Gasteiger partial charge >= 0.3 is 0 Å². The second-order valence-electron chi connectivity index (χ2n) is 6.43. The number of methoxy groups -OCH3 is 2. The van der Waals surface area contributed by atoms with E-state index in [-0.39, 0.29) is 11.8 Å². The van der Waals surface area contributed by atoms with E-state index in [2.05, 4.69) is 5.32 Å². The fourth-order valence-electron chi connectivity index (χ4n) is 3.28. The summed E-state index contributed by atoms with van der Waals surface area (Å²) in [6.45, 7) is 1.57. The molecule has 1 fully saturated rings. The Morgan fingerprint density at radius 2 is 1.56 bits per heavy atom. The van der Waals surface area contributed by atoms with Crippen LogP contribution in [0.5, 0.6) is 11.5 Å². The van der Waals surface area contributed by atoms with Gasteiger partial charge < -0.3 is 19.7 Å². The second-order valence-corrected chi connectivity index (χ2v) is 6.43. The molecule has 2 amide bonds. The molecule has 1 N–H and O–H groups in total. The zero-order valence-corrected chi connectivity index (χ0v) is 15.7. The number of amides is 2. The summed E-state index contributed by atoms with van der Waals surface area (Å²) in [5.41, 5.74) is 1.44. The van der Waals surface area contributed by atoms with Crippen LogP contribution in [0.1, 0.15) is 40.0 Å². The molecule has 1 aliphatic rings. The van der Waals surface area contributed by atoms with Gasteiger partial charge in [-0.3, -0.25) is 9.59 Å². The lowest BCUT2D eigenvalue weighted by atomic mass is 10.1. The minimum absolute atomic E-state index is 0.000621. The largest absolute Gasteiger partial charge is 0.496 e. The maximum atomic E-state index is 12.8. The number of carbonyl (C=O) groups is 2. The molecule has 0 radical (unpaired) electrons. The number of likely N-dealkylation sites (tertiary alicyclic amines) is 1. The number of nitrogens with zero attached hydrogens (tertiary/aromatic N) is 1. The van der Waals surface area contributed by atoms with Crippen LogP contribution in [0.3, 0.4) is 0 Å². The van der Waals surface area contributed by atoms with E-state index in [4.69, 9.17) is 9.47 Å². The van der Waals surface area contributed by atoms with Crippen LogP contribution in [0, 0.1) is 0 Å². The first kappa shape index (κ1) is 18.8. The molecule has 0 saturated carbocycles. The van der Waals surface area contributed by atoms with Gasteiger partial charge in [-0.25, -0.2) is 0 Å². The molecule has 1 aliphatic heterocycles. The third-order valence-corrected chi connectivity index (χ3v) is 4.67. The Kier molecular flexibility index (Phi) is 5.96. The minimum Gasteiger partial charge on any atom is -0.496 e. The molecule has 0 bridgehead atoms. The molecule has 2 aromatic carbocycles. The predicted molar refractivity (Wildman–Crippen MR) is 104 cm³/mol. The fourth-order valence-corrected chi connectivity index (χ4v) is 3.28. The molecule has 6 nitrogen and oxygen atoms in total. The molecule has 0 atom stereocenters. The van der Waals surface area contributed by atoms with Gasteiger partial charge in [0.25, 0.3) is 11.8 Å². The van der Waals surface area contributed by atoms with Gasteiger partial charge in [-0.2, -0.15) is 0 Å². The topological polar surface area (TPSA) is 67.9 Å². The smallest absolute Gasteiger partial charge is 0.263 e. The number of hydrogen-bond acceptors (Lipinski definition) is 4. The molecule has 142 valence electrons. The van der Waals surface area contributed by atoms with Crippen LogP contribution in [0.2, 0.25) is 0 Å². The maximum Gasteiger partial charge on any atom is 0.263 e. The van der Waals surface area contributed by atoms with Crippen molar-refractivity contribution < 1.29 is 19.1 Å². The molecular formula is C21H24N2O4. The van der Waals surface area contributed by atoms with Gasteiger partial charge in [0.05, 0.1) is 14.2 Å². The van der Waals surface area contributed by atoms with Crippen LogP contribution in [-0.4, -0.2) is 44.0 Å². The van der Waals surface area contributed by atoms with E-state index >= 15 is 0 Å². The normalized spacial score (nSPS) is 13.8. The van der Waals surface area contributed by atoms with Crippen molar-refractivity contribution in [2.75, 3.05) is 32.6 Å². The van der Waals surface area contributed by atoms with Crippen molar-refractivity contribution in [1.82, 2.24) is 4.90 Å². The van der Waals surface area contributed by atoms with Gasteiger partial charge in [0.2, 0.25) is 0 Å². The quantitative estimate of drug-likeness (QED) is 0.876. The number of nitrogens with one attached hydrogen (secondary N) is 1. The average Bonchev–Trinajstić information content (AvgIpc) is 2.73. The third-order valence-electron chi connectivity index (χ3n) is 4.67. The molecule has 0 aliphatic carbocycles. The standard InChI is InChI=1S/C21H24N2O4/c1-26-17-10-7-11-18(27-2)19(17)20(24)22-16-9-6-8-15(14-16)21(25)23-12-4-3-5-13-23/h6-11,14H,3-5,12-13H2,1-2H3,(H,22,24). The number of ether oxygens (including phenoxy) is 2. The molecule has 6 heteroatoms. The van der Waals surface area contributed by atoms with Gasteiger partial charge in [-0.05, 0) is 49.6 Å². The molecule has 2 aromatic rings. The molecule has 0 aromatic heterocycles. The van der Waals surface area contributed by atoms with Crippen LogP contribution in [0.4, 0.5) is 5.69 Å². The summed E-state index contributed by atoms with van der Waals surface area (Å²) >= 11 is 0. The number of anilines is 1. The summed E-state index contributed by atoms with van der Waals surface area (Å²) in [5.74, 6) is 0.493. The number of benzene rings is 2. The Labute approximate surface area is 159 Å². The van der Waals surface area contributed by atoms with Crippen molar-refractivity contribution in [3.8, 4) is 11.5 Å². The van der Waals surface area contributed by atoms with E-state index in [1.54, 1.807) is 42.5 Å². The lowest BCUT2D eigenvalue weighted by Gasteiger charge is -2.26. The average molecular weight is 368 g/mol. The highest BCUT2D eigenvalue weighted by atomic mass is 16.5. The number of rotatable bonds is 5. The zero-order chi connectivity index (χ0) is 19.2.